The van der Waals surface area contributed by atoms with Crippen molar-refractivity contribution in [2.45, 2.75) is 129 Å². The molecule has 146 heavy (non-hydrogen) atoms. The number of sulfonamides is 2. The molecule has 1 aliphatic heterocycles. The Balaban J connectivity index is 0.000000777. The highest BCUT2D eigenvalue weighted by Crippen LogP contribution is 2.15. The fourth-order valence-electron chi connectivity index (χ4n) is 11.3. The standard InChI is InChI=1S/C7H15N.C6H9N3O.C6H11N3.C6H10N2O2S.C6H10N2.C6H8NO.C6H7N.C5H9N3O2S.2C5H7N3O.2C5H9N3.C5H8N2O2S.2C5H8N2.C4H7N3O2S.C4H6N2/c1-7-3-5-8(2)6-4-7;1-4-3-5(6(7)10)9(2)8-4;1-5-3-6(4-7)9(2)8-5;1-5-4-6(8(2)7-5)11(3,9)10;1-5-4-6(2)8(3)7-5;1-6-2-4-7(8)5-3-6;1-6-2-4-7-5-3-6;1-4-3-5(8(2)7-4)11(6,9)10;1-8-3-2-7-5(8)4(6)9;1-8-4(5(6)9)2-3-7-8;1-8-3-2-7-5(8)4-6;1-8-5(4-6)2-3-7-8;1-7-5(3-4-6-7)10(2,8)9;1-5-6-3-4-7(5)2;1-5-3-4-6-7(5)2;1-7-4(2-3-6-7)10(5,8)9;1-6-4-2-3-5-6/h7H,3-6H2,1-2H3;3H,1-2H3,(H2,7,10);3H,4,7H2,1-2H3;4H,1-3H3;4H,1-3H3;2-5,8H,1H3;2-5H,1H3;3H,1-2H3,(H2,6,9,10);2*2-3H,1H3,(H2,6,9);2*2-3H,4,6H2,1H3;3-4H,1-2H3;2*3-4H,1-2H3;2-3H,1H3,(H2,5,8,9);2-4H,1H3/q;;;;;+1;;;;;;;;;;;. The monoisotopic (exact) mass is 2110 g/mol. The Labute approximate surface area is 854 Å². The van der Waals surface area contributed by atoms with Crippen molar-refractivity contribution in [3.05, 3.63) is 288 Å². The van der Waals surface area contributed by atoms with Crippen LogP contribution < -0.4 is 49.4 Å². The van der Waals surface area contributed by atoms with E-state index in [1.54, 1.807) is 148 Å². The second-order valence-corrected chi connectivity index (χ2v) is 39.3. The number of piperidine rings is 1. The number of rotatable bonds is 10. The average molecular weight is 2110 g/mol. The summed E-state index contributed by atoms with van der Waals surface area (Å²) in [5, 5.41) is 61.7. The maximum Gasteiger partial charge on any atom is 0.284 e. The number of hydrogen-bond acceptors (Lipinski definition) is 31. The Bertz CT molecular complexity index is 6590. The number of sulfone groups is 2. The van der Waals surface area contributed by atoms with Gasteiger partial charge < -0.3 is 53.0 Å². The first-order valence-electron chi connectivity index (χ1n) is 44.3. The summed E-state index contributed by atoms with van der Waals surface area (Å²) >= 11 is 0. The largest absolute Gasteiger partial charge is 0.364 e. The summed E-state index contributed by atoms with van der Waals surface area (Å²) in [5.41, 5.74) is 43.1. The molecule has 17 rings (SSSR count). The molecule has 51 nitrogen and oxygen atoms in total. The molecule has 0 atom stereocenters. The predicted molar refractivity (Wildman–Crippen MR) is 554 cm³/mol. The number of carbonyl (C=O) groups excluding carboxylic acids is 3. The molecule has 0 radical (unpaired) electrons. The van der Waals surface area contributed by atoms with Crippen molar-refractivity contribution in [1.82, 2.24) is 146 Å². The molecule has 55 heteroatoms. The first-order chi connectivity index (χ1) is 68.0. The molecule has 0 bridgehead atoms. The van der Waals surface area contributed by atoms with Crippen molar-refractivity contribution in [3.63, 3.8) is 0 Å². The maximum absolute atomic E-state index is 11.0. The first-order valence-corrected chi connectivity index (χ1v) is 51.2. The lowest BCUT2D eigenvalue weighted by Crippen LogP contribution is -2.28. The van der Waals surface area contributed by atoms with Crippen LogP contribution in [0.1, 0.15) is 125 Å². The van der Waals surface area contributed by atoms with E-state index in [2.05, 4.69) is 101 Å². The third kappa shape index (κ3) is 51.8. The van der Waals surface area contributed by atoms with Gasteiger partial charge in [-0.05, 0) is 198 Å². The van der Waals surface area contributed by atoms with Crippen LogP contribution in [0.4, 0.5) is 0 Å². The van der Waals surface area contributed by atoms with Gasteiger partial charge in [0.15, 0.2) is 45.6 Å². The number of nitrogens with two attached hydrogens (primary N) is 8. The molecule has 0 spiro atoms. The van der Waals surface area contributed by atoms with Gasteiger partial charge in [-0.3, -0.25) is 76.1 Å². The van der Waals surface area contributed by atoms with Gasteiger partial charge in [0.25, 0.3) is 37.8 Å². The molecule has 1 aliphatic rings. The SMILES string of the molecule is CC1CCN(C)CC1.Cc1cc(C(N)=O)n(C)n1.Cc1cc(C)n(C)n1.Cc1cc(CN)n(C)n1.Cc1cc(S(C)(=O)=O)n(C)n1.Cc1cc(S(N)(=O)=O)n(C)n1.Cc1cc[n+](O)cc1.Cc1ccncc1.Cc1ccnn1C.Cc1nccn1C.Cn1cccn1.Cn1ccnc1C(N)=O.Cn1ccnc1CN.Cn1nccc1C(N)=O.Cn1nccc1CN.Cn1nccc1S(C)(=O)=O.Cn1nccc1S(N)(=O)=O. The molecule has 16 aromatic rings. The zero-order chi connectivity index (χ0) is 111. The number of primary sulfonamides is 2. The van der Waals surface area contributed by atoms with Gasteiger partial charge in [-0.1, -0.05) is 6.92 Å². The third-order valence-corrected chi connectivity index (χ3v) is 23.8. The van der Waals surface area contributed by atoms with Crippen molar-refractivity contribution < 1.29 is 58.0 Å². The molecule has 0 aliphatic carbocycles. The number of aryl methyl sites for hydroxylation is 24. The van der Waals surface area contributed by atoms with Gasteiger partial charge >= 0.3 is 0 Å². The first kappa shape index (κ1) is 129. The number of carbonyl (C=O) groups is 3. The summed E-state index contributed by atoms with van der Waals surface area (Å²) in [5.74, 6) is 1.85. The van der Waals surface area contributed by atoms with Crippen molar-refractivity contribution in [1.29, 1.82) is 0 Å². The summed E-state index contributed by atoms with van der Waals surface area (Å²) in [7, 11) is 13.6. The number of likely N-dealkylation sites (tertiary alicyclic amines) is 1. The number of imidazole rings is 3. The Morgan fingerprint density at radius 3 is 1.01 bits per heavy atom. The minimum atomic E-state index is -3.61. The van der Waals surface area contributed by atoms with Crippen molar-refractivity contribution in [2.75, 3.05) is 32.6 Å². The van der Waals surface area contributed by atoms with Crippen molar-refractivity contribution in [2.24, 2.45) is 149 Å². The van der Waals surface area contributed by atoms with E-state index in [1.807, 2.05) is 190 Å². The molecule has 0 aromatic carbocycles. The van der Waals surface area contributed by atoms with Crippen LogP contribution in [0, 0.1) is 75.2 Å². The minimum absolute atomic E-state index is 0.0208. The second kappa shape index (κ2) is 64.6. The highest BCUT2D eigenvalue weighted by molar-refractivity contribution is 7.91. The van der Waals surface area contributed by atoms with E-state index >= 15 is 0 Å². The molecule has 0 unspecified atom stereocenters. The summed E-state index contributed by atoms with van der Waals surface area (Å²) < 4.78 is 110. The summed E-state index contributed by atoms with van der Waals surface area (Å²) in [6.07, 6.45) is 33.9. The van der Waals surface area contributed by atoms with Crippen LogP contribution in [0.5, 0.6) is 0 Å². The lowest BCUT2D eigenvalue weighted by Gasteiger charge is -2.26. The molecule has 0 saturated carbocycles. The van der Waals surface area contributed by atoms with E-state index in [-0.39, 0.29) is 25.9 Å². The van der Waals surface area contributed by atoms with Gasteiger partial charge in [0.2, 0.25) is 12.4 Å². The van der Waals surface area contributed by atoms with E-state index in [9.17, 15) is 48.1 Å². The predicted octanol–water partition coefficient (Wildman–Crippen LogP) is 3.38. The molecular formula is C91H148N39O12S4+. The van der Waals surface area contributed by atoms with Crippen molar-refractivity contribution >= 4 is 57.4 Å². The average Bonchev–Trinajstić information content (AvgIpc) is 1.31. The van der Waals surface area contributed by atoms with Gasteiger partial charge in [-0.25, -0.2) is 58.9 Å². The number of hydrogen-bond donors (Lipinski definition) is 9. The Hall–Kier alpha value is -15.0. The molecule has 1 saturated heterocycles. The van der Waals surface area contributed by atoms with Crippen LogP contribution in [0.3, 0.4) is 0 Å². The van der Waals surface area contributed by atoms with Gasteiger partial charge in [-0.2, -0.15) is 56.1 Å². The van der Waals surface area contributed by atoms with Crippen LogP contribution in [0.25, 0.3) is 0 Å². The van der Waals surface area contributed by atoms with E-state index < -0.39 is 57.4 Å². The molecule has 17 heterocycles. The van der Waals surface area contributed by atoms with Crippen LogP contribution >= 0.6 is 0 Å². The molecule has 802 valence electrons. The van der Waals surface area contributed by atoms with E-state index in [0.717, 1.165) is 62.6 Å². The highest BCUT2D eigenvalue weighted by atomic mass is 32.2. The van der Waals surface area contributed by atoms with Crippen LogP contribution in [-0.4, -0.2) is 235 Å². The summed E-state index contributed by atoms with van der Waals surface area (Å²) in [6, 6.07) is 26.4. The van der Waals surface area contributed by atoms with Gasteiger partial charge in [-0.15, -0.1) is 0 Å². The zero-order valence-electron chi connectivity index (χ0n) is 88.6. The fraction of sp³-hybridized carbons (Fsp3) is 0.396. The van der Waals surface area contributed by atoms with Crippen LogP contribution in [-0.2, 0) is 158 Å². The van der Waals surface area contributed by atoms with E-state index in [0.29, 0.717) is 42.4 Å². The van der Waals surface area contributed by atoms with E-state index in [4.69, 9.17) is 49.9 Å². The topological polar surface area (TPSA) is 686 Å². The second-order valence-electron chi connectivity index (χ2n) is 32.4. The highest BCUT2D eigenvalue weighted by Gasteiger charge is 2.17. The summed E-state index contributed by atoms with van der Waals surface area (Å²) in [6.45, 7) is 25.9. The molecule has 16 aromatic heterocycles. The number of aromatic nitrogens is 30. The lowest BCUT2D eigenvalue weighted by atomic mass is 10.00. The van der Waals surface area contributed by atoms with Gasteiger partial charge in [0, 0.05) is 233 Å². The summed E-state index contributed by atoms with van der Waals surface area (Å²) in [4.78, 5) is 49.4. The normalized spacial score (nSPS) is 11.1. The van der Waals surface area contributed by atoms with Crippen molar-refractivity contribution in [3.8, 4) is 0 Å². The molecule has 1 fully saturated rings. The molecule has 3 amide bonds. The number of pyridine rings is 2. The van der Waals surface area contributed by atoms with Crippen LogP contribution in [0.2, 0.25) is 0 Å². The smallest absolute Gasteiger partial charge is 0.284 e. The number of nitrogens with zero attached hydrogens (tertiary/aromatic N) is 31. The number of amides is 3. The maximum atomic E-state index is 11.0. The molecular weight excluding hydrogens is 1960 g/mol. The third-order valence-electron chi connectivity index (χ3n) is 19.6. The number of primary amides is 3. The van der Waals surface area contributed by atoms with Crippen LogP contribution in [0.15, 0.2) is 216 Å². The lowest BCUT2D eigenvalue weighted by molar-refractivity contribution is -0.904. The Kier molecular flexibility index (Phi) is 57.1. The quantitative estimate of drug-likeness (QED) is 0.0700. The van der Waals surface area contributed by atoms with Gasteiger partial charge in [0.1, 0.15) is 23.0 Å². The Morgan fingerprint density at radius 1 is 0.377 bits per heavy atom. The Morgan fingerprint density at radius 2 is 0.808 bits per heavy atom. The zero-order valence-corrected chi connectivity index (χ0v) is 91.8. The minimum Gasteiger partial charge on any atom is -0.364 e. The van der Waals surface area contributed by atoms with E-state index in [1.165, 1.54) is 134 Å². The fourth-order valence-corrected chi connectivity index (χ4v) is 14.4. The molecule has 17 N–H and O–H groups in total. The van der Waals surface area contributed by atoms with Gasteiger partial charge in [0.05, 0.1) is 58.8 Å².